The number of sulfonamides is 1. The molecule has 0 amide bonds. The first-order valence-corrected chi connectivity index (χ1v) is 7.62. The van der Waals surface area contributed by atoms with E-state index in [-0.39, 0.29) is 36.3 Å². The molecule has 1 unspecified atom stereocenters. The van der Waals surface area contributed by atoms with Gasteiger partial charge < -0.3 is 15.2 Å². The molecule has 114 valence electrons. The minimum Gasteiger partial charge on any atom is -0.364 e. The average Bonchev–Trinajstić information content (AvgIpc) is 2.96. The summed E-state index contributed by atoms with van der Waals surface area (Å²) in [5.41, 5.74) is 0.385. The van der Waals surface area contributed by atoms with Crippen LogP contribution in [0.25, 0.3) is 0 Å². The molecule has 1 aromatic rings. The molecule has 2 rings (SSSR count). The standard InChI is InChI=1S/C10H17N5O3S.HI/c1-8-6-12-10(14-8)11-3-4-13-19(16,17)7-9-2-5-18-15-9;/h2,5,8,13H,3-4,6-7H2,1H3,(H2,11,12,14);1H. The number of aromatic nitrogens is 1. The molecule has 3 N–H and O–H groups in total. The van der Waals surface area contributed by atoms with Crippen molar-refractivity contribution in [2.24, 2.45) is 4.99 Å². The van der Waals surface area contributed by atoms with Crippen molar-refractivity contribution >= 4 is 40.0 Å². The van der Waals surface area contributed by atoms with E-state index >= 15 is 0 Å². The van der Waals surface area contributed by atoms with Gasteiger partial charge in [-0.2, -0.15) is 0 Å². The maximum Gasteiger partial charge on any atom is 0.217 e. The van der Waals surface area contributed by atoms with E-state index in [1.165, 1.54) is 12.3 Å². The average molecular weight is 415 g/mol. The monoisotopic (exact) mass is 415 g/mol. The molecule has 0 bridgehead atoms. The van der Waals surface area contributed by atoms with Crippen LogP contribution in [-0.2, 0) is 15.8 Å². The highest BCUT2D eigenvalue weighted by atomic mass is 127. The van der Waals surface area contributed by atoms with E-state index in [1.54, 1.807) is 0 Å². The van der Waals surface area contributed by atoms with Crippen molar-refractivity contribution in [3.05, 3.63) is 18.0 Å². The zero-order valence-corrected chi connectivity index (χ0v) is 14.1. The molecule has 0 saturated carbocycles. The van der Waals surface area contributed by atoms with Gasteiger partial charge in [0, 0.05) is 25.2 Å². The quantitative estimate of drug-likeness (QED) is 0.433. The van der Waals surface area contributed by atoms with Gasteiger partial charge in [-0.25, -0.2) is 13.1 Å². The molecule has 0 radical (unpaired) electrons. The van der Waals surface area contributed by atoms with E-state index in [0.717, 1.165) is 6.54 Å². The Kier molecular flexibility index (Phi) is 6.68. The minimum atomic E-state index is -3.38. The zero-order valence-electron chi connectivity index (χ0n) is 11.0. The van der Waals surface area contributed by atoms with Crippen molar-refractivity contribution in [1.29, 1.82) is 0 Å². The number of rotatable bonds is 6. The molecule has 20 heavy (non-hydrogen) atoms. The smallest absolute Gasteiger partial charge is 0.217 e. The molecule has 0 aromatic carbocycles. The third-order valence-electron chi connectivity index (χ3n) is 2.47. The lowest BCUT2D eigenvalue weighted by molar-refractivity contribution is 0.413. The molecular formula is C10H18IN5O3S. The Morgan fingerprint density at radius 1 is 1.50 bits per heavy atom. The Balaban J connectivity index is 0.00000200. The first-order chi connectivity index (χ1) is 9.05. The topological polar surface area (TPSA) is 109 Å². The SMILES string of the molecule is CC1CN=C(NCCNS(=O)(=O)Cc2ccon2)N1.I. The summed E-state index contributed by atoms with van der Waals surface area (Å²) in [6, 6.07) is 1.85. The predicted molar refractivity (Wildman–Crippen MR) is 85.4 cm³/mol. The van der Waals surface area contributed by atoms with Crippen LogP contribution in [-0.4, -0.2) is 45.2 Å². The number of nitrogens with one attached hydrogen (secondary N) is 3. The van der Waals surface area contributed by atoms with Crippen LogP contribution in [0.1, 0.15) is 12.6 Å². The summed E-state index contributed by atoms with van der Waals surface area (Å²) in [6.45, 7) is 3.52. The van der Waals surface area contributed by atoms with Crippen LogP contribution in [0, 0.1) is 0 Å². The van der Waals surface area contributed by atoms with Crippen molar-refractivity contribution in [1.82, 2.24) is 20.5 Å². The van der Waals surface area contributed by atoms with Crippen molar-refractivity contribution < 1.29 is 12.9 Å². The summed E-state index contributed by atoms with van der Waals surface area (Å²) in [4.78, 5) is 4.21. The van der Waals surface area contributed by atoms with E-state index in [0.29, 0.717) is 24.2 Å². The number of halogens is 1. The van der Waals surface area contributed by atoms with Gasteiger partial charge in [0.05, 0.1) is 12.2 Å². The highest BCUT2D eigenvalue weighted by Crippen LogP contribution is 2.00. The summed E-state index contributed by atoms with van der Waals surface area (Å²) >= 11 is 0. The first kappa shape index (κ1) is 17.2. The van der Waals surface area contributed by atoms with Gasteiger partial charge in [-0.15, -0.1) is 24.0 Å². The van der Waals surface area contributed by atoms with Gasteiger partial charge in [0.2, 0.25) is 10.0 Å². The van der Waals surface area contributed by atoms with Crippen molar-refractivity contribution in [3.8, 4) is 0 Å². The van der Waals surface area contributed by atoms with Gasteiger partial charge in [0.25, 0.3) is 0 Å². The van der Waals surface area contributed by atoms with Crippen molar-refractivity contribution in [2.75, 3.05) is 19.6 Å². The summed E-state index contributed by atoms with van der Waals surface area (Å²) in [7, 11) is -3.38. The zero-order chi connectivity index (χ0) is 13.7. The maximum atomic E-state index is 11.7. The summed E-state index contributed by atoms with van der Waals surface area (Å²) in [6.07, 6.45) is 1.34. The van der Waals surface area contributed by atoms with E-state index in [9.17, 15) is 8.42 Å². The molecule has 10 heteroatoms. The van der Waals surface area contributed by atoms with Crippen LogP contribution in [0.2, 0.25) is 0 Å². The molecule has 1 aliphatic rings. The Bertz CT molecular complexity index is 531. The lowest BCUT2D eigenvalue weighted by Crippen LogP contribution is -2.41. The first-order valence-electron chi connectivity index (χ1n) is 5.96. The second kappa shape index (κ2) is 7.78. The van der Waals surface area contributed by atoms with Crippen molar-refractivity contribution in [2.45, 2.75) is 18.7 Å². The second-order valence-electron chi connectivity index (χ2n) is 4.31. The van der Waals surface area contributed by atoms with Gasteiger partial charge in [0.15, 0.2) is 5.96 Å². The number of hydrogen-bond donors (Lipinski definition) is 3. The van der Waals surface area contributed by atoms with Crippen LogP contribution in [0.5, 0.6) is 0 Å². The van der Waals surface area contributed by atoms with Gasteiger partial charge in [-0.05, 0) is 6.92 Å². The second-order valence-corrected chi connectivity index (χ2v) is 6.11. The van der Waals surface area contributed by atoms with Crippen LogP contribution >= 0.6 is 24.0 Å². The van der Waals surface area contributed by atoms with Crippen LogP contribution in [0.15, 0.2) is 21.8 Å². The third-order valence-corrected chi connectivity index (χ3v) is 3.79. The number of aliphatic imine (C=N–C) groups is 1. The Hall–Kier alpha value is -0.880. The van der Waals surface area contributed by atoms with Gasteiger partial charge >= 0.3 is 0 Å². The van der Waals surface area contributed by atoms with E-state index in [2.05, 4.69) is 30.0 Å². The summed E-state index contributed by atoms with van der Waals surface area (Å²) < 4.78 is 30.4. The van der Waals surface area contributed by atoms with Gasteiger partial charge in [-0.3, -0.25) is 4.99 Å². The normalized spacial score (nSPS) is 18.1. The van der Waals surface area contributed by atoms with E-state index in [4.69, 9.17) is 0 Å². The maximum absolute atomic E-state index is 11.7. The molecule has 0 spiro atoms. The van der Waals surface area contributed by atoms with Gasteiger partial charge in [0.1, 0.15) is 12.0 Å². The molecule has 8 nitrogen and oxygen atoms in total. The lowest BCUT2D eigenvalue weighted by atomic mass is 10.4. The number of nitrogens with zero attached hydrogens (tertiary/aromatic N) is 2. The Labute approximate surface area is 134 Å². The molecule has 1 aromatic heterocycles. The fourth-order valence-electron chi connectivity index (χ4n) is 1.60. The third kappa shape index (κ3) is 5.63. The fraction of sp³-hybridized carbons (Fsp3) is 0.600. The summed E-state index contributed by atoms with van der Waals surface area (Å²) in [5.74, 6) is 0.530. The highest BCUT2D eigenvalue weighted by molar-refractivity contribution is 14.0. The molecule has 2 heterocycles. The molecule has 0 fully saturated rings. The van der Waals surface area contributed by atoms with Crippen LogP contribution < -0.4 is 15.4 Å². The molecule has 0 saturated heterocycles. The minimum absolute atomic E-state index is 0. The Morgan fingerprint density at radius 2 is 2.30 bits per heavy atom. The number of guanidine groups is 1. The van der Waals surface area contributed by atoms with Crippen LogP contribution in [0.3, 0.4) is 0 Å². The lowest BCUT2D eigenvalue weighted by Gasteiger charge is -2.09. The Morgan fingerprint density at radius 3 is 2.90 bits per heavy atom. The molecule has 1 aliphatic heterocycles. The molecular weight excluding hydrogens is 397 g/mol. The van der Waals surface area contributed by atoms with Gasteiger partial charge in [-0.1, -0.05) is 5.16 Å². The van der Waals surface area contributed by atoms with Crippen molar-refractivity contribution in [3.63, 3.8) is 0 Å². The fourth-order valence-corrected chi connectivity index (χ4v) is 2.66. The summed E-state index contributed by atoms with van der Waals surface area (Å²) in [5, 5.41) is 9.71. The van der Waals surface area contributed by atoms with E-state index < -0.39 is 10.0 Å². The highest BCUT2D eigenvalue weighted by Gasteiger charge is 2.14. The molecule has 1 atom stereocenters. The largest absolute Gasteiger partial charge is 0.364 e. The molecule has 0 aliphatic carbocycles. The van der Waals surface area contributed by atoms with Crippen LogP contribution in [0.4, 0.5) is 0 Å². The predicted octanol–water partition coefficient (Wildman–Crippen LogP) is -0.351. The van der Waals surface area contributed by atoms with E-state index in [1.807, 2.05) is 6.92 Å². The number of hydrogen-bond acceptors (Lipinski definition) is 7.